The fourth-order valence-corrected chi connectivity index (χ4v) is 2.64. The molecule has 0 aromatic heterocycles. The Bertz CT molecular complexity index is 257. The molecule has 1 unspecified atom stereocenters. The lowest BCUT2D eigenvalue weighted by atomic mass is 10.0. The Morgan fingerprint density at radius 3 is 2.94 bits per heavy atom. The minimum atomic E-state index is 0. The van der Waals surface area contributed by atoms with E-state index in [0.717, 1.165) is 39.1 Å². The van der Waals surface area contributed by atoms with E-state index < -0.39 is 0 Å². The lowest BCUT2D eigenvalue weighted by molar-refractivity contribution is -0.133. The number of carbonyl (C=O) groups excluding carboxylic acids is 1. The maximum Gasteiger partial charge on any atom is 0.222 e. The smallest absolute Gasteiger partial charge is 0.222 e. The second-order valence-corrected chi connectivity index (χ2v) is 5.22. The molecule has 2 atom stereocenters. The molecule has 2 rings (SSSR count). The Hall–Kier alpha value is -0.320. The Balaban J connectivity index is 0.00000162. The third-order valence-corrected chi connectivity index (χ3v) is 3.68. The van der Waals surface area contributed by atoms with Crippen LogP contribution in [0.2, 0.25) is 0 Å². The van der Waals surface area contributed by atoms with Crippen LogP contribution in [0.1, 0.15) is 39.0 Å². The lowest BCUT2D eigenvalue weighted by Crippen LogP contribution is -2.51. The first-order valence-corrected chi connectivity index (χ1v) is 6.88. The first kappa shape index (κ1) is 15.7. The molecule has 4 nitrogen and oxygen atoms in total. The third-order valence-electron chi connectivity index (χ3n) is 3.68. The van der Waals surface area contributed by atoms with E-state index in [1.165, 1.54) is 12.8 Å². The fraction of sp³-hybridized carbons (Fsp3) is 0.923. The van der Waals surface area contributed by atoms with Gasteiger partial charge in [-0.2, -0.15) is 0 Å². The van der Waals surface area contributed by atoms with Crippen LogP contribution in [0.4, 0.5) is 0 Å². The summed E-state index contributed by atoms with van der Waals surface area (Å²) >= 11 is 0. The zero-order valence-electron chi connectivity index (χ0n) is 11.2. The van der Waals surface area contributed by atoms with Crippen LogP contribution in [-0.4, -0.2) is 49.2 Å². The van der Waals surface area contributed by atoms with Crippen molar-refractivity contribution in [2.24, 2.45) is 0 Å². The maximum absolute atomic E-state index is 12.0. The summed E-state index contributed by atoms with van der Waals surface area (Å²) in [7, 11) is 0. The van der Waals surface area contributed by atoms with E-state index in [-0.39, 0.29) is 12.4 Å². The molecular formula is C13H25ClN2O2. The monoisotopic (exact) mass is 276 g/mol. The Morgan fingerprint density at radius 1 is 1.44 bits per heavy atom. The molecule has 1 amide bonds. The highest BCUT2D eigenvalue weighted by Gasteiger charge is 2.22. The van der Waals surface area contributed by atoms with Crippen LogP contribution in [-0.2, 0) is 9.53 Å². The van der Waals surface area contributed by atoms with Gasteiger partial charge < -0.3 is 15.0 Å². The molecule has 2 fully saturated rings. The predicted molar refractivity (Wildman–Crippen MR) is 74.1 cm³/mol. The van der Waals surface area contributed by atoms with Gasteiger partial charge in [-0.05, 0) is 32.6 Å². The molecule has 18 heavy (non-hydrogen) atoms. The van der Waals surface area contributed by atoms with Gasteiger partial charge >= 0.3 is 0 Å². The summed E-state index contributed by atoms with van der Waals surface area (Å²) in [5.41, 5.74) is 0. The molecule has 1 N–H and O–H groups in total. The molecular weight excluding hydrogens is 252 g/mol. The standard InChI is InChI=1S/C13H24N2O2.ClH/c1-11-10-15(8-7-14-11)13(16)6-5-12-4-2-3-9-17-12;/h11-12,14H,2-10H2,1H3;1H/t11-,12?;/m0./s1. The van der Waals surface area contributed by atoms with Crippen LogP contribution in [0.3, 0.4) is 0 Å². The van der Waals surface area contributed by atoms with Crippen molar-refractivity contribution in [2.75, 3.05) is 26.2 Å². The van der Waals surface area contributed by atoms with Gasteiger partial charge in [-0.25, -0.2) is 0 Å². The fourth-order valence-electron chi connectivity index (χ4n) is 2.64. The number of hydrogen-bond donors (Lipinski definition) is 1. The molecule has 2 aliphatic rings. The highest BCUT2D eigenvalue weighted by Crippen LogP contribution is 2.17. The molecule has 106 valence electrons. The topological polar surface area (TPSA) is 41.6 Å². The minimum Gasteiger partial charge on any atom is -0.378 e. The van der Waals surface area contributed by atoms with Crippen LogP contribution in [0.5, 0.6) is 0 Å². The zero-order chi connectivity index (χ0) is 12.1. The minimum absolute atomic E-state index is 0. The van der Waals surface area contributed by atoms with Gasteiger partial charge in [0.2, 0.25) is 5.91 Å². The van der Waals surface area contributed by atoms with E-state index in [4.69, 9.17) is 4.74 Å². The second-order valence-electron chi connectivity index (χ2n) is 5.22. The number of nitrogens with zero attached hydrogens (tertiary/aromatic N) is 1. The van der Waals surface area contributed by atoms with E-state index in [2.05, 4.69) is 12.2 Å². The van der Waals surface area contributed by atoms with E-state index in [1.807, 2.05) is 4.90 Å². The van der Waals surface area contributed by atoms with Crippen LogP contribution in [0.15, 0.2) is 0 Å². The normalized spacial score (nSPS) is 28.6. The van der Waals surface area contributed by atoms with Crippen molar-refractivity contribution in [2.45, 2.75) is 51.2 Å². The van der Waals surface area contributed by atoms with Crippen LogP contribution in [0.25, 0.3) is 0 Å². The summed E-state index contributed by atoms with van der Waals surface area (Å²) in [5.74, 6) is 0.299. The van der Waals surface area contributed by atoms with Crippen molar-refractivity contribution in [1.82, 2.24) is 10.2 Å². The lowest BCUT2D eigenvalue weighted by Gasteiger charge is -2.32. The Kier molecular flexibility index (Phi) is 6.97. The highest BCUT2D eigenvalue weighted by atomic mass is 35.5. The van der Waals surface area contributed by atoms with E-state index >= 15 is 0 Å². The molecule has 0 aromatic rings. The first-order chi connectivity index (χ1) is 8.25. The third kappa shape index (κ3) is 4.75. The van der Waals surface area contributed by atoms with Crippen molar-refractivity contribution < 1.29 is 9.53 Å². The quantitative estimate of drug-likeness (QED) is 0.851. The van der Waals surface area contributed by atoms with Gasteiger partial charge in [0.05, 0.1) is 6.10 Å². The van der Waals surface area contributed by atoms with Gasteiger partial charge in [-0.3, -0.25) is 4.79 Å². The van der Waals surface area contributed by atoms with Crippen molar-refractivity contribution in [3.63, 3.8) is 0 Å². The summed E-state index contributed by atoms with van der Waals surface area (Å²) in [6, 6.07) is 0.429. The average molecular weight is 277 g/mol. The van der Waals surface area contributed by atoms with Gasteiger partial charge in [-0.15, -0.1) is 12.4 Å². The van der Waals surface area contributed by atoms with Crippen LogP contribution in [0, 0.1) is 0 Å². The predicted octanol–water partition coefficient (Wildman–Crippen LogP) is 1.58. The van der Waals surface area contributed by atoms with E-state index in [9.17, 15) is 4.79 Å². The molecule has 0 aromatic carbocycles. The van der Waals surface area contributed by atoms with Gasteiger partial charge in [-0.1, -0.05) is 0 Å². The van der Waals surface area contributed by atoms with Gasteiger partial charge in [0, 0.05) is 38.7 Å². The molecule has 5 heteroatoms. The maximum atomic E-state index is 12.0. The van der Waals surface area contributed by atoms with E-state index in [1.54, 1.807) is 0 Å². The number of hydrogen-bond acceptors (Lipinski definition) is 3. The van der Waals surface area contributed by atoms with Gasteiger partial charge in [0.25, 0.3) is 0 Å². The SMILES string of the molecule is C[C@H]1CN(C(=O)CCC2CCCCO2)CCN1.Cl. The molecule has 0 bridgehead atoms. The number of ether oxygens (including phenoxy) is 1. The summed E-state index contributed by atoms with van der Waals surface area (Å²) in [6.07, 6.45) is 5.44. The highest BCUT2D eigenvalue weighted by molar-refractivity contribution is 5.85. The van der Waals surface area contributed by atoms with E-state index in [0.29, 0.717) is 24.5 Å². The van der Waals surface area contributed by atoms with Crippen molar-refractivity contribution in [3.05, 3.63) is 0 Å². The molecule has 2 saturated heterocycles. The zero-order valence-corrected chi connectivity index (χ0v) is 12.0. The second kappa shape index (κ2) is 7.97. The van der Waals surface area contributed by atoms with Crippen molar-refractivity contribution in [1.29, 1.82) is 0 Å². The summed E-state index contributed by atoms with van der Waals surface area (Å²) < 4.78 is 5.65. The summed E-state index contributed by atoms with van der Waals surface area (Å²) in [6.45, 7) is 5.64. The van der Waals surface area contributed by atoms with Crippen molar-refractivity contribution in [3.8, 4) is 0 Å². The summed E-state index contributed by atoms with van der Waals surface area (Å²) in [5, 5.41) is 3.35. The number of piperazine rings is 1. The first-order valence-electron chi connectivity index (χ1n) is 6.88. The van der Waals surface area contributed by atoms with Crippen molar-refractivity contribution >= 4 is 18.3 Å². The summed E-state index contributed by atoms with van der Waals surface area (Å²) in [4.78, 5) is 14.0. The van der Waals surface area contributed by atoms with Gasteiger partial charge in [0.15, 0.2) is 0 Å². The number of halogens is 1. The number of carbonyl (C=O) groups is 1. The van der Waals surface area contributed by atoms with Crippen LogP contribution < -0.4 is 5.32 Å². The van der Waals surface area contributed by atoms with Gasteiger partial charge in [0.1, 0.15) is 0 Å². The molecule has 0 spiro atoms. The molecule has 0 aliphatic carbocycles. The average Bonchev–Trinajstić information content (AvgIpc) is 2.37. The number of nitrogens with one attached hydrogen (secondary N) is 1. The molecule has 2 aliphatic heterocycles. The molecule has 2 heterocycles. The molecule has 0 saturated carbocycles. The Morgan fingerprint density at radius 2 is 2.28 bits per heavy atom. The largest absolute Gasteiger partial charge is 0.378 e. The number of rotatable bonds is 3. The van der Waals surface area contributed by atoms with Crippen LogP contribution >= 0.6 is 12.4 Å². The Labute approximate surface area is 116 Å². The number of amides is 1. The molecule has 0 radical (unpaired) electrons.